The summed E-state index contributed by atoms with van der Waals surface area (Å²) in [6.07, 6.45) is 1.88. The molecule has 25 heavy (non-hydrogen) atoms. The second kappa shape index (κ2) is 9.36. The van der Waals surface area contributed by atoms with Crippen LogP contribution in [0.25, 0.3) is 0 Å². The smallest absolute Gasteiger partial charge is 0.309 e. The Labute approximate surface area is 155 Å². The van der Waals surface area contributed by atoms with Crippen molar-refractivity contribution in [2.24, 2.45) is 0 Å². The first-order valence-electron chi connectivity index (χ1n) is 8.13. The summed E-state index contributed by atoms with van der Waals surface area (Å²) in [7, 11) is -3.60. The zero-order chi connectivity index (χ0) is 19.1. The molecule has 0 saturated carbocycles. The van der Waals surface area contributed by atoms with E-state index >= 15 is 0 Å². The lowest BCUT2D eigenvalue weighted by atomic mass is 10.1. The second-order valence-electron chi connectivity index (χ2n) is 6.57. The molecule has 0 heterocycles. The number of esters is 1. The molecule has 0 amide bonds. The normalized spacial score (nSPS) is 14.2. The largest absolute Gasteiger partial charge is 0.466 e. The number of carbonyl (C=O) groups is 1. The highest BCUT2D eigenvalue weighted by atomic mass is 35.5. The van der Waals surface area contributed by atoms with E-state index in [0.717, 1.165) is 5.56 Å². The quantitative estimate of drug-likeness (QED) is 0.694. The van der Waals surface area contributed by atoms with Gasteiger partial charge >= 0.3 is 5.97 Å². The van der Waals surface area contributed by atoms with Crippen LogP contribution in [0.15, 0.2) is 41.4 Å². The SMILES string of the molecule is CCOC(=O)C/C=C(\Cl)[C@H](Cc1ccccc1)NS(=O)(=O)C(C)(C)C. The maximum absolute atomic E-state index is 12.5. The molecule has 0 aromatic heterocycles. The molecule has 0 unspecified atom stereocenters. The molecule has 1 N–H and O–H groups in total. The fourth-order valence-electron chi connectivity index (χ4n) is 1.95. The number of nitrogens with one attached hydrogen (secondary N) is 1. The van der Waals surface area contributed by atoms with Crippen LogP contribution in [0.1, 0.15) is 39.7 Å². The maximum atomic E-state index is 12.5. The van der Waals surface area contributed by atoms with Crippen molar-refractivity contribution in [3.8, 4) is 0 Å². The first-order chi connectivity index (χ1) is 11.6. The van der Waals surface area contributed by atoms with Crippen LogP contribution in [0.4, 0.5) is 0 Å². The highest BCUT2D eigenvalue weighted by Crippen LogP contribution is 2.20. The first kappa shape index (κ1) is 21.7. The lowest BCUT2D eigenvalue weighted by Gasteiger charge is -2.25. The summed E-state index contributed by atoms with van der Waals surface area (Å²) >= 11 is 6.32. The number of benzene rings is 1. The molecule has 1 rings (SSSR count). The maximum Gasteiger partial charge on any atom is 0.309 e. The Hall–Kier alpha value is -1.37. The fraction of sp³-hybridized carbons (Fsp3) is 0.500. The highest BCUT2D eigenvalue weighted by molar-refractivity contribution is 7.90. The molecular weight excluding hydrogens is 362 g/mol. The van der Waals surface area contributed by atoms with Crippen LogP contribution in [-0.2, 0) is 26.0 Å². The lowest BCUT2D eigenvalue weighted by molar-refractivity contribution is -0.142. The minimum Gasteiger partial charge on any atom is -0.466 e. The van der Waals surface area contributed by atoms with Crippen molar-refractivity contribution in [3.63, 3.8) is 0 Å². The van der Waals surface area contributed by atoms with Gasteiger partial charge in [-0.3, -0.25) is 4.79 Å². The van der Waals surface area contributed by atoms with Gasteiger partial charge in [0.25, 0.3) is 0 Å². The van der Waals surface area contributed by atoms with Crippen molar-refractivity contribution in [1.82, 2.24) is 4.72 Å². The van der Waals surface area contributed by atoms with Crippen molar-refractivity contribution < 1.29 is 17.9 Å². The number of carbonyl (C=O) groups excluding carboxylic acids is 1. The lowest BCUT2D eigenvalue weighted by Crippen LogP contribution is -2.45. The van der Waals surface area contributed by atoms with Crippen LogP contribution in [0.2, 0.25) is 0 Å². The molecule has 0 spiro atoms. The summed E-state index contributed by atoms with van der Waals surface area (Å²) in [6, 6.07) is 8.78. The van der Waals surface area contributed by atoms with Crippen LogP contribution < -0.4 is 4.72 Å². The Morgan fingerprint density at radius 2 is 1.88 bits per heavy atom. The number of halogens is 1. The van der Waals surface area contributed by atoms with Crippen LogP contribution in [0, 0.1) is 0 Å². The summed E-state index contributed by atoms with van der Waals surface area (Å²) in [5.74, 6) is -0.405. The average Bonchev–Trinajstić information content (AvgIpc) is 2.52. The number of rotatable bonds is 8. The van der Waals surface area contributed by atoms with Gasteiger partial charge in [0.2, 0.25) is 10.0 Å². The number of ether oxygens (including phenoxy) is 1. The summed E-state index contributed by atoms with van der Waals surface area (Å²) in [5.41, 5.74) is 0.937. The monoisotopic (exact) mass is 387 g/mol. The van der Waals surface area contributed by atoms with Crippen LogP contribution in [0.3, 0.4) is 0 Å². The van der Waals surface area contributed by atoms with Gasteiger partial charge in [0.05, 0.1) is 23.8 Å². The van der Waals surface area contributed by atoms with E-state index in [1.165, 1.54) is 6.08 Å². The molecule has 1 atom stereocenters. The number of hydrogen-bond acceptors (Lipinski definition) is 4. The first-order valence-corrected chi connectivity index (χ1v) is 10.00. The molecule has 0 bridgehead atoms. The van der Waals surface area contributed by atoms with Crippen molar-refractivity contribution >= 4 is 27.6 Å². The van der Waals surface area contributed by atoms with Gasteiger partial charge in [-0.05, 0) is 39.7 Å². The molecule has 140 valence electrons. The van der Waals surface area contributed by atoms with Gasteiger partial charge in [0.15, 0.2) is 0 Å². The predicted molar refractivity (Wildman–Crippen MR) is 101 cm³/mol. The molecule has 5 nitrogen and oxygen atoms in total. The van der Waals surface area contributed by atoms with Gasteiger partial charge in [0, 0.05) is 5.03 Å². The zero-order valence-corrected chi connectivity index (χ0v) is 16.7. The third kappa shape index (κ3) is 7.18. The van der Waals surface area contributed by atoms with Crippen molar-refractivity contribution in [1.29, 1.82) is 0 Å². The van der Waals surface area contributed by atoms with Gasteiger partial charge in [-0.1, -0.05) is 48.0 Å². The topological polar surface area (TPSA) is 72.5 Å². The standard InChI is InChI=1S/C18H26ClNO4S/c1-5-24-17(21)12-11-15(19)16(13-14-9-7-6-8-10-14)20-25(22,23)18(2,3)4/h6-11,16,20H,5,12-13H2,1-4H3/b15-11-/t16-/m0/s1. The van der Waals surface area contributed by atoms with Gasteiger partial charge in [-0.15, -0.1) is 0 Å². The van der Waals surface area contributed by atoms with Crippen molar-refractivity contribution in [2.75, 3.05) is 6.61 Å². The Bertz CT molecular complexity index is 694. The molecule has 0 aliphatic carbocycles. The Morgan fingerprint density at radius 1 is 1.28 bits per heavy atom. The minimum atomic E-state index is -3.60. The Balaban J connectivity index is 3.02. The molecule has 0 aliphatic heterocycles. The van der Waals surface area contributed by atoms with E-state index in [0.29, 0.717) is 6.42 Å². The summed E-state index contributed by atoms with van der Waals surface area (Å²) in [4.78, 5) is 11.5. The molecule has 0 saturated heterocycles. The second-order valence-corrected chi connectivity index (χ2v) is 9.48. The van der Waals surface area contributed by atoms with E-state index in [4.69, 9.17) is 16.3 Å². The number of sulfonamides is 1. The van der Waals surface area contributed by atoms with Crippen molar-refractivity contribution in [3.05, 3.63) is 47.0 Å². The minimum absolute atomic E-state index is 0.00475. The third-order valence-electron chi connectivity index (χ3n) is 3.49. The average molecular weight is 388 g/mol. The summed E-state index contributed by atoms with van der Waals surface area (Å²) in [6.45, 7) is 6.86. The van der Waals surface area contributed by atoms with E-state index in [2.05, 4.69) is 4.72 Å². The molecule has 0 fully saturated rings. The Kier molecular flexibility index (Phi) is 8.12. The van der Waals surface area contributed by atoms with E-state index in [1.807, 2.05) is 30.3 Å². The van der Waals surface area contributed by atoms with Crippen LogP contribution >= 0.6 is 11.6 Å². The zero-order valence-electron chi connectivity index (χ0n) is 15.1. The molecule has 0 radical (unpaired) electrons. The summed E-state index contributed by atoms with van der Waals surface area (Å²) < 4.78 is 31.6. The molecular formula is C18H26ClNO4S. The van der Waals surface area contributed by atoms with Crippen molar-refractivity contribution in [2.45, 2.75) is 51.3 Å². The van der Waals surface area contributed by atoms with Gasteiger partial charge in [-0.2, -0.15) is 0 Å². The number of hydrogen-bond donors (Lipinski definition) is 1. The Morgan fingerprint density at radius 3 is 2.40 bits per heavy atom. The van der Waals surface area contributed by atoms with Crippen LogP contribution in [0.5, 0.6) is 0 Å². The molecule has 1 aromatic carbocycles. The molecule has 0 aliphatic rings. The van der Waals surface area contributed by atoms with Crippen LogP contribution in [-0.4, -0.2) is 31.8 Å². The predicted octanol–water partition coefficient (Wildman–Crippen LogP) is 3.39. The summed E-state index contributed by atoms with van der Waals surface area (Å²) in [5, 5.41) is 0.268. The van der Waals surface area contributed by atoms with Gasteiger partial charge in [-0.25, -0.2) is 13.1 Å². The van der Waals surface area contributed by atoms with E-state index in [9.17, 15) is 13.2 Å². The van der Waals surface area contributed by atoms with E-state index in [1.54, 1.807) is 27.7 Å². The van der Waals surface area contributed by atoms with Gasteiger partial charge in [0.1, 0.15) is 0 Å². The fourth-order valence-corrected chi connectivity index (χ4v) is 3.16. The van der Waals surface area contributed by atoms with E-state index < -0.39 is 26.8 Å². The van der Waals surface area contributed by atoms with E-state index in [-0.39, 0.29) is 18.1 Å². The third-order valence-corrected chi connectivity index (χ3v) is 6.11. The highest BCUT2D eigenvalue weighted by Gasteiger charge is 2.32. The van der Waals surface area contributed by atoms with Gasteiger partial charge < -0.3 is 4.74 Å². The molecule has 7 heteroatoms. The molecule has 1 aromatic rings.